The van der Waals surface area contributed by atoms with E-state index in [1.54, 1.807) is 0 Å². The van der Waals surface area contributed by atoms with Gasteiger partial charge in [-0.05, 0) is 11.5 Å². The number of hydrogen-bond acceptors (Lipinski definition) is 6. The van der Waals surface area contributed by atoms with Crippen LogP contribution >= 0.6 is 23.5 Å². The lowest BCUT2D eigenvalue weighted by atomic mass is 10.1. The minimum atomic E-state index is -1.95. The van der Waals surface area contributed by atoms with Gasteiger partial charge in [0.15, 0.2) is 6.10 Å². The number of aliphatic hydroxyl groups excluding tert-OH is 3. The van der Waals surface area contributed by atoms with Crippen LogP contribution < -0.4 is 0 Å². The fraction of sp³-hybridized carbons (Fsp3) is 0.889. The molecule has 0 fully saturated rings. The summed E-state index contributed by atoms with van der Waals surface area (Å²) in [4.78, 5) is 10.4. The minimum absolute atomic E-state index is 0.334. The van der Waals surface area contributed by atoms with Crippen molar-refractivity contribution in [3.05, 3.63) is 0 Å². The fourth-order valence-electron chi connectivity index (χ4n) is 1.07. The smallest absolute Gasteiger partial charge is 0.335 e. The SMILES string of the molecule is CCSC(SCC)[C@H](O)[C@@H](O)[C@@H](O)C(=O)O. The molecule has 0 aromatic rings. The number of hydrogen-bond donors (Lipinski definition) is 4. The first-order chi connectivity index (χ1) is 7.45. The van der Waals surface area contributed by atoms with Crippen LogP contribution in [0.5, 0.6) is 0 Å². The Kier molecular flexibility index (Phi) is 8.21. The molecule has 0 spiro atoms. The largest absolute Gasteiger partial charge is 0.479 e. The second-order valence-corrected chi connectivity index (χ2v) is 6.18. The molecule has 0 aromatic carbocycles. The molecule has 0 aromatic heterocycles. The summed E-state index contributed by atoms with van der Waals surface area (Å²) in [5.74, 6) is -0.0526. The normalized spacial score (nSPS) is 17.1. The number of carbonyl (C=O) groups is 1. The molecule has 0 rings (SSSR count). The Morgan fingerprint density at radius 3 is 1.81 bits per heavy atom. The molecule has 0 bridgehead atoms. The van der Waals surface area contributed by atoms with E-state index in [1.807, 2.05) is 13.8 Å². The lowest BCUT2D eigenvalue weighted by molar-refractivity contribution is -0.157. The summed E-state index contributed by atoms with van der Waals surface area (Å²) in [6, 6.07) is 0. The monoisotopic (exact) mass is 270 g/mol. The standard InChI is InChI=1S/C9H18O5S2/c1-3-15-9(16-4-2)7(12)5(10)6(11)8(13)14/h5-7,9-12H,3-4H2,1-2H3,(H,13,14)/t5-,6+,7+/m0/s1. The van der Waals surface area contributed by atoms with Gasteiger partial charge in [-0.1, -0.05) is 13.8 Å². The van der Waals surface area contributed by atoms with E-state index < -0.39 is 24.3 Å². The first kappa shape index (κ1) is 16.1. The minimum Gasteiger partial charge on any atom is -0.479 e. The van der Waals surface area contributed by atoms with Crippen molar-refractivity contribution in [1.82, 2.24) is 0 Å². The molecule has 0 aliphatic carbocycles. The van der Waals surface area contributed by atoms with E-state index >= 15 is 0 Å². The molecule has 0 heterocycles. The Morgan fingerprint density at radius 2 is 1.50 bits per heavy atom. The maximum Gasteiger partial charge on any atom is 0.335 e. The highest BCUT2D eigenvalue weighted by Gasteiger charge is 2.34. The second kappa shape index (κ2) is 8.19. The molecule has 0 radical (unpaired) electrons. The van der Waals surface area contributed by atoms with Crippen molar-refractivity contribution in [3.8, 4) is 0 Å². The van der Waals surface area contributed by atoms with Gasteiger partial charge in [-0.15, -0.1) is 23.5 Å². The van der Waals surface area contributed by atoms with Crippen LogP contribution in [0.25, 0.3) is 0 Å². The Balaban J connectivity index is 4.45. The first-order valence-electron chi connectivity index (χ1n) is 4.95. The van der Waals surface area contributed by atoms with E-state index in [4.69, 9.17) is 10.2 Å². The lowest BCUT2D eigenvalue weighted by Gasteiger charge is -2.26. The molecule has 96 valence electrons. The summed E-state index contributed by atoms with van der Waals surface area (Å²) in [6.45, 7) is 3.81. The predicted octanol–water partition coefficient (Wildman–Crippen LogP) is -0.0140. The third-order valence-corrected chi connectivity index (χ3v) is 4.57. The number of aliphatic carboxylic acids is 1. The van der Waals surface area contributed by atoms with Crippen LogP contribution in [0, 0.1) is 0 Å². The molecule has 0 unspecified atom stereocenters. The van der Waals surface area contributed by atoms with Crippen molar-refractivity contribution in [2.75, 3.05) is 11.5 Å². The van der Waals surface area contributed by atoms with E-state index in [2.05, 4.69) is 0 Å². The predicted molar refractivity (Wildman–Crippen MR) is 65.7 cm³/mol. The van der Waals surface area contributed by atoms with Gasteiger partial charge in [0.2, 0.25) is 0 Å². The molecule has 4 N–H and O–H groups in total. The molecular formula is C9H18O5S2. The van der Waals surface area contributed by atoms with Crippen LogP contribution in [0.2, 0.25) is 0 Å². The molecule has 5 nitrogen and oxygen atoms in total. The highest BCUT2D eigenvalue weighted by atomic mass is 32.2. The van der Waals surface area contributed by atoms with Crippen molar-refractivity contribution in [3.63, 3.8) is 0 Å². The van der Waals surface area contributed by atoms with Gasteiger partial charge in [0.05, 0.1) is 4.58 Å². The fourth-order valence-corrected chi connectivity index (χ4v) is 3.64. The lowest BCUT2D eigenvalue weighted by Crippen LogP contribution is -2.46. The van der Waals surface area contributed by atoms with Gasteiger partial charge in [0, 0.05) is 0 Å². The highest BCUT2D eigenvalue weighted by Crippen LogP contribution is 2.28. The van der Waals surface area contributed by atoms with Crippen molar-refractivity contribution >= 4 is 29.5 Å². The third-order valence-electron chi connectivity index (χ3n) is 1.87. The van der Waals surface area contributed by atoms with Crippen LogP contribution in [0.15, 0.2) is 0 Å². The molecule has 0 saturated carbocycles. The maximum atomic E-state index is 10.4. The van der Waals surface area contributed by atoms with Crippen LogP contribution in [0.1, 0.15) is 13.8 Å². The Hall–Kier alpha value is 0.0500. The van der Waals surface area contributed by atoms with Crippen molar-refractivity contribution in [2.45, 2.75) is 36.7 Å². The van der Waals surface area contributed by atoms with Gasteiger partial charge in [-0.25, -0.2) is 4.79 Å². The first-order valence-corrected chi connectivity index (χ1v) is 7.05. The molecule has 16 heavy (non-hydrogen) atoms. The van der Waals surface area contributed by atoms with E-state index in [0.717, 1.165) is 11.5 Å². The Labute approximate surface area is 103 Å². The van der Waals surface area contributed by atoms with E-state index in [0.29, 0.717) is 0 Å². The third kappa shape index (κ3) is 4.92. The quantitative estimate of drug-likeness (QED) is 0.460. The molecule has 0 amide bonds. The zero-order chi connectivity index (χ0) is 12.7. The summed E-state index contributed by atoms with van der Waals surface area (Å²) < 4.78 is -0.334. The number of aliphatic hydroxyl groups is 3. The van der Waals surface area contributed by atoms with E-state index in [9.17, 15) is 15.0 Å². The van der Waals surface area contributed by atoms with Gasteiger partial charge in [0.1, 0.15) is 12.2 Å². The second-order valence-electron chi connectivity index (χ2n) is 3.04. The number of thioether (sulfide) groups is 2. The van der Waals surface area contributed by atoms with Crippen LogP contribution in [0.4, 0.5) is 0 Å². The molecular weight excluding hydrogens is 252 g/mol. The average Bonchev–Trinajstić information content (AvgIpc) is 2.25. The molecule has 0 aliphatic rings. The topological polar surface area (TPSA) is 98.0 Å². The van der Waals surface area contributed by atoms with Gasteiger partial charge in [0.25, 0.3) is 0 Å². The van der Waals surface area contributed by atoms with Crippen LogP contribution in [-0.2, 0) is 4.79 Å². The van der Waals surface area contributed by atoms with Gasteiger partial charge in [-0.3, -0.25) is 0 Å². The van der Waals surface area contributed by atoms with E-state index in [-0.39, 0.29) is 4.58 Å². The van der Waals surface area contributed by atoms with E-state index in [1.165, 1.54) is 23.5 Å². The maximum absolute atomic E-state index is 10.4. The summed E-state index contributed by atoms with van der Waals surface area (Å²) in [5, 5.41) is 36.8. The summed E-state index contributed by atoms with van der Waals surface area (Å²) in [6.07, 6.45) is -4.88. The summed E-state index contributed by atoms with van der Waals surface area (Å²) in [5.41, 5.74) is 0. The van der Waals surface area contributed by atoms with Gasteiger partial charge >= 0.3 is 5.97 Å². The molecule has 3 atom stereocenters. The average molecular weight is 270 g/mol. The van der Waals surface area contributed by atoms with Crippen molar-refractivity contribution < 1.29 is 25.2 Å². The van der Waals surface area contributed by atoms with Gasteiger partial charge in [-0.2, -0.15) is 0 Å². The molecule has 7 heteroatoms. The van der Waals surface area contributed by atoms with Crippen LogP contribution in [0.3, 0.4) is 0 Å². The summed E-state index contributed by atoms with van der Waals surface area (Å²) in [7, 11) is 0. The number of rotatable bonds is 8. The van der Waals surface area contributed by atoms with Gasteiger partial charge < -0.3 is 20.4 Å². The highest BCUT2D eigenvalue weighted by molar-refractivity contribution is 8.17. The zero-order valence-electron chi connectivity index (χ0n) is 9.24. The Bertz CT molecular complexity index is 208. The van der Waals surface area contributed by atoms with Crippen molar-refractivity contribution in [2.24, 2.45) is 0 Å². The molecule has 0 aliphatic heterocycles. The number of carboxylic acid groups (broad SMARTS) is 1. The number of carboxylic acids is 1. The molecule has 0 saturated heterocycles. The summed E-state index contributed by atoms with van der Waals surface area (Å²) >= 11 is 2.83. The van der Waals surface area contributed by atoms with Crippen LogP contribution in [-0.4, -0.2) is 60.8 Å². The Morgan fingerprint density at radius 1 is 1.06 bits per heavy atom. The van der Waals surface area contributed by atoms with Crippen molar-refractivity contribution in [1.29, 1.82) is 0 Å². The zero-order valence-corrected chi connectivity index (χ0v) is 10.9.